The number of benzene rings is 2. The first kappa shape index (κ1) is 20.6. The van der Waals surface area contributed by atoms with Crippen LogP contribution in [0.2, 0.25) is 5.02 Å². The maximum absolute atomic E-state index is 13.7. The van der Waals surface area contributed by atoms with E-state index in [-0.39, 0.29) is 11.7 Å². The van der Waals surface area contributed by atoms with Crippen LogP contribution >= 0.6 is 23.4 Å². The lowest BCUT2D eigenvalue weighted by molar-refractivity contribution is -0.127. The van der Waals surface area contributed by atoms with Crippen LogP contribution in [0.1, 0.15) is 23.6 Å². The topological polar surface area (TPSA) is 38.3 Å². The van der Waals surface area contributed by atoms with Gasteiger partial charge in [0.2, 0.25) is 0 Å². The lowest BCUT2D eigenvalue weighted by Gasteiger charge is -2.15. The minimum atomic E-state index is -0.580. The van der Waals surface area contributed by atoms with Gasteiger partial charge in [0.25, 0.3) is 5.91 Å². The third kappa shape index (κ3) is 5.92. The van der Waals surface area contributed by atoms with E-state index < -0.39 is 6.10 Å². The van der Waals surface area contributed by atoms with Crippen LogP contribution in [0, 0.1) is 19.7 Å². The summed E-state index contributed by atoms with van der Waals surface area (Å²) >= 11 is 7.51. The van der Waals surface area contributed by atoms with E-state index in [2.05, 4.69) is 5.32 Å². The molecule has 1 N–H and O–H groups in total. The number of amides is 1. The maximum atomic E-state index is 13.7. The quantitative estimate of drug-likeness (QED) is 0.645. The zero-order valence-corrected chi connectivity index (χ0v) is 16.7. The molecule has 0 spiro atoms. The van der Waals surface area contributed by atoms with E-state index in [1.54, 1.807) is 19.1 Å². The molecular weight excluding hydrogens is 373 g/mol. The largest absolute Gasteiger partial charge is 0.481 e. The molecule has 0 bridgehead atoms. The number of carbonyl (C=O) groups excluding carboxylic acids is 1. The van der Waals surface area contributed by atoms with E-state index in [9.17, 15) is 9.18 Å². The van der Waals surface area contributed by atoms with Crippen LogP contribution in [0.15, 0.2) is 36.4 Å². The molecule has 140 valence electrons. The lowest BCUT2D eigenvalue weighted by Crippen LogP contribution is -2.37. The Morgan fingerprint density at radius 3 is 2.73 bits per heavy atom. The summed E-state index contributed by atoms with van der Waals surface area (Å²) in [6.07, 6.45) is -0.580. The molecule has 0 heterocycles. The Morgan fingerprint density at radius 1 is 1.27 bits per heavy atom. The first-order valence-corrected chi connectivity index (χ1v) is 9.94. The van der Waals surface area contributed by atoms with Crippen molar-refractivity contribution in [2.45, 2.75) is 32.6 Å². The van der Waals surface area contributed by atoms with Gasteiger partial charge >= 0.3 is 0 Å². The molecule has 6 heteroatoms. The van der Waals surface area contributed by atoms with E-state index in [4.69, 9.17) is 16.3 Å². The Morgan fingerprint density at radius 2 is 2.04 bits per heavy atom. The predicted octanol–water partition coefficient (Wildman–Crippen LogP) is 4.91. The molecule has 1 atom stereocenters. The summed E-state index contributed by atoms with van der Waals surface area (Å²) in [5.41, 5.74) is 2.80. The van der Waals surface area contributed by atoms with Crippen molar-refractivity contribution in [2.75, 3.05) is 12.3 Å². The first-order chi connectivity index (χ1) is 12.4. The van der Waals surface area contributed by atoms with Gasteiger partial charge in [-0.15, -0.1) is 0 Å². The highest BCUT2D eigenvalue weighted by Crippen LogP contribution is 2.23. The monoisotopic (exact) mass is 395 g/mol. The number of ether oxygens (including phenoxy) is 1. The van der Waals surface area contributed by atoms with Crippen molar-refractivity contribution in [3.8, 4) is 5.75 Å². The Bertz CT molecular complexity index is 749. The molecular formula is C20H23ClFNO2S. The van der Waals surface area contributed by atoms with Crippen molar-refractivity contribution in [1.29, 1.82) is 0 Å². The van der Waals surface area contributed by atoms with Gasteiger partial charge in [-0.2, -0.15) is 11.8 Å². The van der Waals surface area contributed by atoms with Crippen molar-refractivity contribution < 1.29 is 13.9 Å². The summed E-state index contributed by atoms with van der Waals surface area (Å²) in [4.78, 5) is 12.1. The molecule has 0 saturated heterocycles. The number of thioether (sulfide) groups is 1. The van der Waals surface area contributed by atoms with Crippen LogP contribution in [-0.2, 0) is 10.5 Å². The SMILES string of the molecule is Cc1ccc(O[C@H](C)C(=O)NCCSCc2c(F)cccc2Cl)cc1C. The van der Waals surface area contributed by atoms with Gasteiger partial charge in [0.1, 0.15) is 11.6 Å². The highest BCUT2D eigenvalue weighted by Gasteiger charge is 2.14. The molecule has 2 aromatic rings. The molecule has 0 saturated carbocycles. The van der Waals surface area contributed by atoms with Crippen LogP contribution in [0.25, 0.3) is 0 Å². The third-order valence-electron chi connectivity index (χ3n) is 4.01. The lowest BCUT2D eigenvalue weighted by atomic mass is 10.1. The minimum absolute atomic E-state index is 0.173. The van der Waals surface area contributed by atoms with Crippen LogP contribution in [0.3, 0.4) is 0 Å². The van der Waals surface area contributed by atoms with Crippen molar-refractivity contribution in [3.05, 3.63) is 63.9 Å². The molecule has 0 fully saturated rings. The van der Waals surface area contributed by atoms with Crippen molar-refractivity contribution >= 4 is 29.3 Å². The summed E-state index contributed by atoms with van der Waals surface area (Å²) in [6, 6.07) is 10.4. The smallest absolute Gasteiger partial charge is 0.260 e. The Balaban J connectivity index is 1.71. The van der Waals surface area contributed by atoms with Crippen LogP contribution < -0.4 is 10.1 Å². The van der Waals surface area contributed by atoms with Gasteiger partial charge in [-0.3, -0.25) is 4.79 Å². The number of hydrogen-bond donors (Lipinski definition) is 1. The van der Waals surface area contributed by atoms with Crippen LogP contribution in [0.5, 0.6) is 5.75 Å². The fraction of sp³-hybridized carbons (Fsp3) is 0.350. The van der Waals surface area contributed by atoms with E-state index in [0.29, 0.717) is 34.4 Å². The second-order valence-electron chi connectivity index (χ2n) is 6.05. The predicted molar refractivity (Wildman–Crippen MR) is 107 cm³/mol. The molecule has 0 aliphatic carbocycles. The number of carbonyl (C=O) groups is 1. The Kier molecular flexibility index (Phi) is 7.79. The number of aryl methyl sites for hydroxylation is 2. The molecule has 0 unspecified atom stereocenters. The van der Waals surface area contributed by atoms with E-state index >= 15 is 0 Å². The second kappa shape index (κ2) is 9.83. The maximum Gasteiger partial charge on any atom is 0.260 e. The van der Waals surface area contributed by atoms with Crippen LogP contribution in [-0.4, -0.2) is 24.3 Å². The molecule has 0 aliphatic rings. The molecule has 0 aromatic heterocycles. The number of nitrogens with one attached hydrogen (secondary N) is 1. The molecule has 1 amide bonds. The zero-order chi connectivity index (χ0) is 19.1. The normalized spacial score (nSPS) is 11.9. The third-order valence-corrected chi connectivity index (χ3v) is 5.35. The van der Waals surface area contributed by atoms with Crippen molar-refractivity contribution in [3.63, 3.8) is 0 Å². The van der Waals surface area contributed by atoms with E-state index in [1.165, 1.54) is 23.4 Å². The molecule has 2 aromatic carbocycles. The Labute approximate surface area is 163 Å². The van der Waals surface area contributed by atoms with Gasteiger partial charge in [-0.25, -0.2) is 4.39 Å². The van der Waals surface area contributed by atoms with Gasteiger partial charge in [0.15, 0.2) is 6.10 Å². The zero-order valence-electron chi connectivity index (χ0n) is 15.1. The van der Waals surface area contributed by atoms with Gasteiger partial charge in [0, 0.05) is 28.6 Å². The van der Waals surface area contributed by atoms with Gasteiger partial charge in [0.05, 0.1) is 0 Å². The molecule has 3 nitrogen and oxygen atoms in total. The molecule has 0 aliphatic heterocycles. The summed E-state index contributed by atoms with van der Waals surface area (Å²) in [5.74, 6) is 1.33. The number of rotatable bonds is 8. The van der Waals surface area contributed by atoms with Crippen molar-refractivity contribution in [2.24, 2.45) is 0 Å². The number of hydrogen-bond acceptors (Lipinski definition) is 3. The van der Waals surface area contributed by atoms with Gasteiger partial charge < -0.3 is 10.1 Å². The van der Waals surface area contributed by atoms with Gasteiger partial charge in [-0.1, -0.05) is 23.7 Å². The molecule has 2 rings (SSSR count). The van der Waals surface area contributed by atoms with E-state index in [0.717, 1.165) is 5.56 Å². The van der Waals surface area contributed by atoms with Crippen LogP contribution in [0.4, 0.5) is 4.39 Å². The molecule has 26 heavy (non-hydrogen) atoms. The fourth-order valence-electron chi connectivity index (χ4n) is 2.28. The summed E-state index contributed by atoms with van der Waals surface area (Å²) in [6.45, 7) is 6.24. The molecule has 0 radical (unpaired) electrons. The highest BCUT2D eigenvalue weighted by atomic mass is 35.5. The summed E-state index contributed by atoms with van der Waals surface area (Å²) in [5, 5.41) is 3.26. The first-order valence-electron chi connectivity index (χ1n) is 8.40. The number of halogens is 2. The fourth-order valence-corrected chi connectivity index (χ4v) is 3.48. The van der Waals surface area contributed by atoms with Gasteiger partial charge in [-0.05, 0) is 56.2 Å². The second-order valence-corrected chi connectivity index (χ2v) is 7.56. The van der Waals surface area contributed by atoms with Crippen molar-refractivity contribution in [1.82, 2.24) is 5.32 Å². The average Bonchev–Trinajstić information content (AvgIpc) is 2.60. The highest BCUT2D eigenvalue weighted by molar-refractivity contribution is 7.98. The standard InChI is InChI=1S/C20H23ClFNO2S/c1-13-7-8-16(11-14(13)2)25-15(3)20(24)23-9-10-26-12-17-18(21)5-4-6-19(17)22/h4-8,11,15H,9-10,12H2,1-3H3,(H,23,24)/t15-/m1/s1. The average molecular weight is 396 g/mol. The summed E-state index contributed by atoms with van der Waals surface area (Å²) < 4.78 is 19.4. The minimum Gasteiger partial charge on any atom is -0.481 e. The Hall–Kier alpha value is -1.72. The summed E-state index contributed by atoms with van der Waals surface area (Å²) in [7, 11) is 0. The van der Waals surface area contributed by atoms with E-state index in [1.807, 2.05) is 32.0 Å².